The van der Waals surface area contributed by atoms with Crippen LogP contribution in [0.5, 0.6) is 0 Å². The van der Waals surface area contributed by atoms with Crippen molar-refractivity contribution in [1.29, 1.82) is 0 Å². The molecule has 20 heavy (non-hydrogen) atoms. The average molecular weight is 288 g/mol. The Balaban J connectivity index is 4.59. The van der Waals surface area contributed by atoms with Gasteiger partial charge in [-0.1, -0.05) is 59.3 Å². The Labute approximate surface area is 126 Å². The summed E-state index contributed by atoms with van der Waals surface area (Å²) in [6.45, 7) is 6.65. The highest BCUT2D eigenvalue weighted by molar-refractivity contribution is 4.86. The van der Waals surface area contributed by atoms with Crippen molar-refractivity contribution in [2.75, 3.05) is 21.3 Å². The van der Waals surface area contributed by atoms with E-state index in [0.29, 0.717) is 0 Å². The lowest BCUT2D eigenvalue weighted by Gasteiger charge is -2.46. The number of hydrogen-bond acceptors (Lipinski definition) is 3. The monoisotopic (exact) mass is 288 g/mol. The fourth-order valence-corrected chi connectivity index (χ4v) is 3.33. The summed E-state index contributed by atoms with van der Waals surface area (Å²) in [5, 5.41) is 0. The summed E-state index contributed by atoms with van der Waals surface area (Å²) in [5.74, 6) is -0.917. The normalized spacial score (nSPS) is 12.9. The third-order valence-corrected chi connectivity index (χ3v) is 4.82. The topological polar surface area (TPSA) is 27.7 Å². The lowest BCUT2D eigenvalue weighted by molar-refractivity contribution is -0.410. The summed E-state index contributed by atoms with van der Waals surface area (Å²) in [6.07, 6.45) is 10.9. The van der Waals surface area contributed by atoms with Crippen LogP contribution in [0, 0.1) is 5.41 Å². The Morgan fingerprint density at radius 1 is 0.650 bits per heavy atom. The second-order valence-electron chi connectivity index (χ2n) is 5.67. The summed E-state index contributed by atoms with van der Waals surface area (Å²) in [7, 11) is 5.02. The zero-order chi connectivity index (χ0) is 15.5. The highest BCUT2D eigenvalue weighted by Crippen LogP contribution is 2.46. The zero-order valence-corrected chi connectivity index (χ0v) is 14.6. The smallest absolute Gasteiger partial charge is 0.288 e. The van der Waals surface area contributed by atoms with E-state index < -0.39 is 5.97 Å². The van der Waals surface area contributed by atoms with Crippen molar-refractivity contribution in [1.82, 2.24) is 0 Å². The van der Waals surface area contributed by atoms with Gasteiger partial charge in [-0.25, -0.2) is 0 Å². The fraction of sp³-hybridized carbons (Fsp3) is 1.00. The molecule has 0 aliphatic heterocycles. The van der Waals surface area contributed by atoms with Gasteiger partial charge in [0.05, 0.1) is 5.41 Å². The Morgan fingerprint density at radius 2 is 1.10 bits per heavy atom. The molecule has 0 spiro atoms. The van der Waals surface area contributed by atoms with E-state index in [0.717, 1.165) is 19.3 Å². The highest BCUT2D eigenvalue weighted by Gasteiger charge is 2.51. The van der Waals surface area contributed by atoms with Crippen molar-refractivity contribution in [2.24, 2.45) is 5.41 Å². The minimum Gasteiger partial charge on any atom is -0.330 e. The summed E-state index contributed by atoms with van der Waals surface area (Å²) >= 11 is 0. The molecule has 0 amide bonds. The number of hydrogen-bond donors (Lipinski definition) is 0. The van der Waals surface area contributed by atoms with E-state index in [9.17, 15) is 0 Å². The van der Waals surface area contributed by atoms with Crippen LogP contribution in [0.25, 0.3) is 0 Å². The maximum absolute atomic E-state index is 5.63. The van der Waals surface area contributed by atoms with E-state index in [-0.39, 0.29) is 5.41 Å². The molecule has 0 fully saturated rings. The van der Waals surface area contributed by atoms with E-state index in [1.54, 1.807) is 21.3 Å². The molecule has 122 valence electrons. The predicted molar refractivity (Wildman–Crippen MR) is 84.8 cm³/mol. The third-order valence-electron chi connectivity index (χ3n) is 4.82. The standard InChI is InChI=1S/C17H36O3/c1-7-10-11-12-13-14-15-16(8-2,9-3)17(18-4,19-5)20-6/h7-15H2,1-6H3. The first kappa shape index (κ1) is 19.9. The van der Waals surface area contributed by atoms with Crippen LogP contribution in [0.15, 0.2) is 0 Å². The van der Waals surface area contributed by atoms with Crippen LogP contribution in [-0.2, 0) is 14.2 Å². The SMILES string of the molecule is CCCCCCCCC(CC)(CC)C(OC)(OC)OC. The molecule has 0 rings (SSSR count). The lowest BCUT2D eigenvalue weighted by atomic mass is 9.75. The van der Waals surface area contributed by atoms with Gasteiger partial charge < -0.3 is 14.2 Å². The van der Waals surface area contributed by atoms with Crippen molar-refractivity contribution in [2.45, 2.75) is 84.5 Å². The van der Waals surface area contributed by atoms with E-state index in [4.69, 9.17) is 14.2 Å². The van der Waals surface area contributed by atoms with Crippen molar-refractivity contribution in [3.8, 4) is 0 Å². The van der Waals surface area contributed by atoms with Gasteiger partial charge in [-0.2, -0.15) is 0 Å². The number of ether oxygens (including phenoxy) is 3. The second kappa shape index (κ2) is 10.6. The van der Waals surface area contributed by atoms with Crippen LogP contribution in [0.1, 0.15) is 78.6 Å². The Hall–Kier alpha value is -0.120. The van der Waals surface area contributed by atoms with Gasteiger partial charge in [0.1, 0.15) is 0 Å². The van der Waals surface area contributed by atoms with Gasteiger partial charge in [-0.3, -0.25) is 0 Å². The molecule has 0 N–H and O–H groups in total. The number of unbranched alkanes of at least 4 members (excludes halogenated alkanes) is 5. The Morgan fingerprint density at radius 3 is 1.50 bits per heavy atom. The first-order valence-corrected chi connectivity index (χ1v) is 8.27. The maximum Gasteiger partial charge on any atom is 0.288 e. The van der Waals surface area contributed by atoms with Gasteiger partial charge in [-0.05, 0) is 19.3 Å². The van der Waals surface area contributed by atoms with E-state index in [2.05, 4.69) is 20.8 Å². The van der Waals surface area contributed by atoms with Crippen molar-refractivity contribution < 1.29 is 14.2 Å². The number of methoxy groups -OCH3 is 3. The molecular weight excluding hydrogens is 252 g/mol. The zero-order valence-electron chi connectivity index (χ0n) is 14.6. The summed E-state index contributed by atoms with van der Waals surface area (Å²) in [4.78, 5) is 0. The molecule has 0 bridgehead atoms. The third kappa shape index (κ3) is 4.71. The molecule has 3 nitrogen and oxygen atoms in total. The summed E-state index contributed by atoms with van der Waals surface area (Å²) in [5.41, 5.74) is -0.0734. The van der Waals surface area contributed by atoms with Gasteiger partial charge in [-0.15, -0.1) is 0 Å². The van der Waals surface area contributed by atoms with Crippen molar-refractivity contribution in [3.05, 3.63) is 0 Å². The summed E-state index contributed by atoms with van der Waals surface area (Å²) in [6, 6.07) is 0. The molecule has 0 heterocycles. The minimum absolute atomic E-state index is 0.0734. The summed E-state index contributed by atoms with van der Waals surface area (Å²) < 4.78 is 16.9. The van der Waals surface area contributed by atoms with Crippen LogP contribution in [0.2, 0.25) is 0 Å². The molecule has 0 aromatic rings. The first-order valence-electron chi connectivity index (χ1n) is 8.27. The van der Waals surface area contributed by atoms with Crippen LogP contribution in [0.4, 0.5) is 0 Å². The van der Waals surface area contributed by atoms with E-state index in [1.165, 1.54) is 38.5 Å². The van der Waals surface area contributed by atoms with Gasteiger partial charge in [0.2, 0.25) is 0 Å². The maximum atomic E-state index is 5.63. The fourth-order valence-electron chi connectivity index (χ4n) is 3.33. The Bertz CT molecular complexity index is 212. The highest BCUT2D eigenvalue weighted by atomic mass is 16.9. The molecule has 0 aromatic heterocycles. The molecule has 0 radical (unpaired) electrons. The second-order valence-corrected chi connectivity index (χ2v) is 5.67. The van der Waals surface area contributed by atoms with E-state index in [1.807, 2.05) is 0 Å². The van der Waals surface area contributed by atoms with E-state index >= 15 is 0 Å². The van der Waals surface area contributed by atoms with Crippen LogP contribution in [-0.4, -0.2) is 27.3 Å². The molecule has 0 atom stereocenters. The van der Waals surface area contributed by atoms with Gasteiger partial charge >= 0.3 is 0 Å². The largest absolute Gasteiger partial charge is 0.330 e. The molecule has 0 unspecified atom stereocenters. The van der Waals surface area contributed by atoms with Crippen molar-refractivity contribution in [3.63, 3.8) is 0 Å². The molecule has 0 aliphatic rings. The van der Waals surface area contributed by atoms with Crippen LogP contribution >= 0.6 is 0 Å². The molecule has 0 saturated heterocycles. The first-order chi connectivity index (χ1) is 9.61. The molecule has 0 aliphatic carbocycles. The molecule has 0 aromatic carbocycles. The quantitative estimate of drug-likeness (QED) is 0.347. The van der Waals surface area contributed by atoms with Crippen LogP contribution < -0.4 is 0 Å². The van der Waals surface area contributed by atoms with Gasteiger partial charge in [0, 0.05) is 21.3 Å². The molecule has 3 heteroatoms. The predicted octanol–water partition coefficient (Wildman–Crippen LogP) is 5.14. The minimum atomic E-state index is -0.917. The van der Waals surface area contributed by atoms with Gasteiger partial charge in [0.25, 0.3) is 5.97 Å². The van der Waals surface area contributed by atoms with Crippen molar-refractivity contribution >= 4 is 0 Å². The number of rotatable bonds is 13. The molecule has 0 saturated carbocycles. The van der Waals surface area contributed by atoms with Gasteiger partial charge in [0.15, 0.2) is 0 Å². The molecular formula is C17H36O3. The lowest BCUT2D eigenvalue weighted by Crippen LogP contribution is -2.52. The Kier molecular flexibility index (Phi) is 10.5. The van der Waals surface area contributed by atoms with Crippen LogP contribution in [0.3, 0.4) is 0 Å². The average Bonchev–Trinajstić information content (AvgIpc) is 2.50.